The highest BCUT2D eigenvalue weighted by molar-refractivity contribution is 7.99. The third kappa shape index (κ3) is 2.54. The summed E-state index contributed by atoms with van der Waals surface area (Å²) in [5.41, 5.74) is 0.914. The number of thioether (sulfide) groups is 1. The fourth-order valence-corrected chi connectivity index (χ4v) is 5.42. The lowest BCUT2D eigenvalue weighted by molar-refractivity contribution is -0.170. The van der Waals surface area contributed by atoms with Gasteiger partial charge in [-0.2, -0.15) is 11.8 Å². The molecule has 124 valence electrons. The predicted octanol–water partition coefficient (Wildman–Crippen LogP) is 3.76. The Bertz CT molecular complexity index is 642. The molecule has 4 nitrogen and oxygen atoms in total. The number of carboxylic acid groups (broad SMARTS) is 1. The molecule has 2 fully saturated rings. The third-order valence-corrected chi connectivity index (χ3v) is 6.67. The zero-order valence-corrected chi connectivity index (χ0v) is 14.3. The molecule has 0 aliphatic carbocycles. The molecule has 5 heteroatoms. The summed E-state index contributed by atoms with van der Waals surface area (Å²) >= 11 is 2.01. The Hall–Kier alpha value is -1.20. The van der Waals surface area contributed by atoms with Crippen molar-refractivity contribution >= 4 is 17.7 Å². The van der Waals surface area contributed by atoms with Gasteiger partial charge in [-0.1, -0.05) is 0 Å². The van der Waals surface area contributed by atoms with Crippen LogP contribution >= 0.6 is 11.8 Å². The first-order valence-corrected chi connectivity index (χ1v) is 9.40. The maximum absolute atomic E-state index is 11.3. The van der Waals surface area contributed by atoms with Gasteiger partial charge in [0.25, 0.3) is 0 Å². The van der Waals surface area contributed by atoms with Crippen molar-refractivity contribution in [2.45, 2.75) is 44.5 Å². The highest BCUT2D eigenvalue weighted by Gasteiger charge is 2.50. The summed E-state index contributed by atoms with van der Waals surface area (Å²) in [5.74, 6) is 3.02. The number of aromatic carboxylic acids is 1. The lowest BCUT2D eigenvalue weighted by atomic mass is 9.71. The molecule has 1 aromatic carbocycles. The Balaban J connectivity index is 1.75. The van der Waals surface area contributed by atoms with E-state index in [0.29, 0.717) is 17.6 Å². The smallest absolute Gasteiger partial charge is 0.335 e. The topological polar surface area (TPSA) is 55.8 Å². The fraction of sp³-hybridized carbons (Fsp3) is 0.611. The number of carbonyl (C=O) groups is 1. The average Bonchev–Trinajstić information content (AvgIpc) is 2.53. The highest BCUT2D eigenvalue weighted by atomic mass is 32.2. The minimum Gasteiger partial charge on any atom is -0.487 e. The number of fused-ring (bicyclic) bond motifs is 4. The molecule has 3 aliphatic rings. The van der Waals surface area contributed by atoms with Crippen LogP contribution in [0.5, 0.6) is 5.75 Å². The first-order valence-electron chi connectivity index (χ1n) is 8.25. The number of hydrogen-bond acceptors (Lipinski definition) is 4. The lowest BCUT2D eigenvalue weighted by Crippen LogP contribution is -2.52. The van der Waals surface area contributed by atoms with Gasteiger partial charge in [-0.25, -0.2) is 4.79 Å². The van der Waals surface area contributed by atoms with E-state index < -0.39 is 5.97 Å². The Kier molecular flexibility index (Phi) is 3.61. The Morgan fingerprint density at radius 3 is 3.00 bits per heavy atom. The lowest BCUT2D eigenvalue weighted by Gasteiger charge is -2.52. The second-order valence-electron chi connectivity index (χ2n) is 7.32. The molecule has 0 spiro atoms. The minimum absolute atomic E-state index is 0.0580. The molecule has 1 aromatic rings. The predicted molar refractivity (Wildman–Crippen MR) is 89.3 cm³/mol. The van der Waals surface area contributed by atoms with E-state index >= 15 is 0 Å². The van der Waals surface area contributed by atoms with Crippen LogP contribution in [0.3, 0.4) is 0 Å². The maximum atomic E-state index is 11.3. The summed E-state index contributed by atoms with van der Waals surface area (Å²) in [6.07, 6.45) is 2.42. The molecule has 23 heavy (non-hydrogen) atoms. The van der Waals surface area contributed by atoms with Crippen molar-refractivity contribution < 1.29 is 19.4 Å². The zero-order valence-electron chi connectivity index (χ0n) is 13.5. The first kappa shape index (κ1) is 15.3. The number of carboxylic acids is 1. The number of hydrogen-bond donors (Lipinski definition) is 1. The van der Waals surface area contributed by atoms with Crippen molar-refractivity contribution in [3.05, 3.63) is 29.3 Å². The highest BCUT2D eigenvalue weighted by Crippen LogP contribution is 2.53. The Labute approximate surface area is 140 Å². The van der Waals surface area contributed by atoms with Gasteiger partial charge in [0, 0.05) is 11.5 Å². The monoisotopic (exact) mass is 334 g/mol. The van der Waals surface area contributed by atoms with Crippen LogP contribution in [-0.4, -0.2) is 34.3 Å². The van der Waals surface area contributed by atoms with Crippen molar-refractivity contribution in [1.82, 2.24) is 0 Å². The molecule has 0 saturated carbocycles. The van der Waals surface area contributed by atoms with E-state index in [2.05, 4.69) is 13.8 Å². The van der Waals surface area contributed by atoms with Gasteiger partial charge in [0.05, 0.1) is 17.8 Å². The molecular weight excluding hydrogens is 312 g/mol. The molecule has 0 aromatic heterocycles. The zero-order chi connectivity index (χ0) is 16.2. The van der Waals surface area contributed by atoms with E-state index in [1.807, 2.05) is 11.8 Å². The van der Waals surface area contributed by atoms with Gasteiger partial charge < -0.3 is 14.6 Å². The molecular formula is C18H22O4S. The van der Waals surface area contributed by atoms with E-state index in [0.717, 1.165) is 35.7 Å². The van der Waals surface area contributed by atoms with E-state index in [1.54, 1.807) is 18.2 Å². The van der Waals surface area contributed by atoms with E-state index in [9.17, 15) is 9.90 Å². The second kappa shape index (κ2) is 5.42. The standard InChI is InChI=1S/C18H22O4S/c1-18(2)13-8-11-9-23-6-5-14(11)21-16(13)12-7-10(17(19)20)3-4-15(12)22-18/h3-4,7,11,13-14,16H,5-6,8-9H2,1-2H3,(H,19,20)/t11-,13+,14+,16-/m1/s1. The van der Waals surface area contributed by atoms with E-state index in [-0.39, 0.29) is 17.6 Å². The van der Waals surface area contributed by atoms with Gasteiger partial charge in [0.1, 0.15) is 11.4 Å². The second-order valence-corrected chi connectivity index (χ2v) is 8.47. The summed E-state index contributed by atoms with van der Waals surface area (Å²) in [6.45, 7) is 4.25. The van der Waals surface area contributed by atoms with Crippen LogP contribution < -0.4 is 4.74 Å². The van der Waals surface area contributed by atoms with E-state index in [1.165, 1.54) is 0 Å². The molecule has 1 N–H and O–H groups in total. The van der Waals surface area contributed by atoms with Gasteiger partial charge in [-0.15, -0.1) is 0 Å². The van der Waals surface area contributed by atoms with Crippen LogP contribution in [0.4, 0.5) is 0 Å². The molecule has 4 rings (SSSR count). The number of ether oxygens (including phenoxy) is 2. The first-order chi connectivity index (χ1) is 11.0. The molecule has 0 radical (unpaired) electrons. The van der Waals surface area contributed by atoms with Crippen molar-refractivity contribution in [1.29, 1.82) is 0 Å². The minimum atomic E-state index is -0.906. The molecule has 2 saturated heterocycles. The SMILES string of the molecule is CC1(C)Oc2ccc(C(=O)O)cc2[C@H]2O[C@H]3CCSC[C@H]3C[C@@H]21. The Morgan fingerprint density at radius 1 is 1.39 bits per heavy atom. The van der Waals surface area contributed by atoms with Crippen molar-refractivity contribution in [2.75, 3.05) is 11.5 Å². The molecule has 0 amide bonds. The van der Waals surface area contributed by atoms with Gasteiger partial charge in [0.15, 0.2) is 0 Å². The van der Waals surface area contributed by atoms with Crippen molar-refractivity contribution in [2.24, 2.45) is 11.8 Å². The van der Waals surface area contributed by atoms with Crippen LogP contribution in [0.1, 0.15) is 48.7 Å². The summed E-state index contributed by atoms with van der Waals surface area (Å²) in [5, 5.41) is 9.29. The van der Waals surface area contributed by atoms with Crippen LogP contribution in [0.15, 0.2) is 18.2 Å². The largest absolute Gasteiger partial charge is 0.487 e. The summed E-state index contributed by atoms with van der Waals surface area (Å²) in [7, 11) is 0. The van der Waals surface area contributed by atoms with Crippen LogP contribution in [0.2, 0.25) is 0 Å². The van der Waals surface area contributed by atoms with Crippen LogP contribution in [-0.2, 0) is 4.74 Å². The van der Waals surface area contributed by atoms with Crippen LogP contribution in [0.25, 0.3) is 0 Å². The molecule has 0 unspecified atom stereocenters. The average molecular weight is 334 g/mol. The summed E-state index contributed by atoms with van der Waals surface area (Å²) in [6, 6.07) is 5.13. The van der Waals surface area contributed by atoms with Crippen molar-refractivity contribution in [3.8, 4) is 5.75 Å². The maximum Gasteiger partial charge on any atom is 0.335 e. The summed E-state index contributed by atoms with van der Waals surface area (Å²) in [4.78, 5) is 11.3. The number of benzene rings is 1. The van der Waals surface area contributed by atoms with E-state index in [4.69, 9.17) is 9.47 Å². The molecule has 4 atom stereocenters. The number of rotatable bonds is 1. The van der Waals surface area contributed by atoms with Crippen molar-refractivity contribution in [3.63, 3.8) is 0 Å². The van der Waals surface area contributed by atoms with Gasteiger partial charge in [-0.05, 0) is 62.3 Å². The Morgan fingerprint density at radius 2 is 2.22 bits per heavy atom. The molecule has 3 aliphatic heterocycles. The quantitative estimate of drug-likeness (QED) is 0.847. The third-order valence-electron chi connectivity index (χ3n) is 5.48. The fourth-order valence-electron chi connectivity index (χ4n) is 4.20. The van der Waals surface area contributed by atoms with Crippen LogP contribution in [0, 0.1) is 11.8 Å². The molecule has 0 bridgehead atoms. The normalized spacial score (nSPS) is 34.5. The van der Waals surface area contributed by atoms with Gasteiger partial charge in [-0.3, -0.25) is 0 Å². The molecule has 3 heterocycles. The van der Waals surface area contributed by atoms with Gasteiger partial charge in [0.2, 0.25) is 0 Å². The summed E-state index contributed by atoms with van der Waals surface area (Å²) < 4.78 is 12.7. The van der Waals surface area contributed by atoms with Gasteiger partial charge >= 0.3 is 5.97 Å².